The summed E-state index contributed by atoms with van der Waals surface area (Å²) in [7, 11) is 0. The van der Waals surface area contributed by atoms with E-state index in [0.717, 1.165) is 25.1 Å². The highest BCUT2D eigenvalue weighted by Crippen LogP contribution is 2.25. The summed E-state index contributed by atoms with van der Waals surface area (Å²) in [6, 6.07) is 4.96. The van der Waals surface area contributed by atoms with Crippen LogP contribution in [-0.4, -0.2) is 13.1 Å². The van der Waals surface area contributed by atoms with Crippen LogP contribution in [-0.2, 0) is 6.42 Å². The van der Waals surface area contributed by atoms with E-state index in [-0.39, 0.29) is 16.3 Å². The molecule has 3 heteroatoms. The van der Waals surface area contributed by atoms with Gasteiger partial charge in [0.1, 0.15) is 5.82 Å². The summed E-state index contributed by atoms with van der Waals surface area (Å²) in [6.07, 6.45) is 2.67. The number of nitrogens with one attached hydrogen (secondary N) is 1. The fourth-order valence-corrected chi connectivity index (χ4v) is 1.85. The molecule has 1 atom stereocenters. The van der Waals surface area contributed by atoms with Gasteiger partial charge < -0.3 is 5.32 Å². The molecule has 1 N–H and O–H groups in total. The van der Waals surface area contributed by atoms with Crippen molar-refractivity contribution in [2.24, 2.45) is 5.41 Å². The molecule has 0 bridgehead atoms. The lowest BCUT2D eigenvalue weighted by Gasteiger charge is -2.26. The van der Waals surface area contributed by atoms with E-state index in [2.05, 4.69) is 25.7 Å². The first-order chi connectivity index (χ1) is 8.00. The van der Waals surface area contributed by atoms with Gasteiger partial charge in [0.25, 0.3) is 0 Å². The highest BCUT2D eigenvalue weighted by Gasteiger charge is 2.20. The van der Waals surface area contributed by atoms with Gasteiger partial charge in [-0.2, -0.15) is 0 Å². The molecule has 17 heavy (non-hydrogen) atoms. The topological polar surface area (TPSA) is 12.0 Å². The van der Waals surface area contributed by atoms with Crippen LogP contribution in [0.2, 0.25) is 5.02 Å². The molecule has 1 unspecified atom stereocenters. The van der Waals surface area contributed by atoms with Gasteiger partial charge in [0.05, 0.1) is 5.02 Å². The minimum Gasteiger partial charge on any atom is -0.316 e. The van der Waals surface area contributed by atoms with E-state index in [0.29, 0.717) is 0 Å². The van der Waals surface area contributed by atoms with Gasteiger partial charge in [0, 0.05) is 12.0 Å². The largest absolute Gasteiger partial charge is 0.316 e. The maximum absolute atomic E-state index is 13.3. The van der Waals surface area contributed by atoms with Crippen molar-refractivity contribution in [3.8, 4) is 0 Å². The van der Waals surface area contributed by atoms with Crippen molar-refractivity contribution in [1.29, 1.82) is 0 Å². The second-order valence-electron chi connectivity index (χ2n) is 4.56. The van der Waals surface area contributed by atoms with Gasteiger partial charge in [-0.05, 0) is 30.7 Å². The van der Waals surface area contributed by atoms with E-state index in [9.17, 15) is 4.39 Å². The lowest BCUT2D eigenvalue weighted by Crippen LogP contribution is -2.31. The van der Waals surface area contributed by atoms with Crippen LogP contribution in [0, 0.1) is 11.2 Å². The lowest BCUT2D eigenvalue weighted by molar-refractivity contribution is 0.395. The van der Waals surface area contributed by atoms with E-state index in [1.165, 1.54) is 6.07 Å². The molecule has 1 nitrogen and oxygen atoms in total. The highest BCUT2D eigenvalue weighted by atomic mass is 35.5. The summed E-state index contributed by atoms with van der Waals surface area (Å²) in [5, 5.41) is 3.46. The van der Waals surface area contributed by atoms with E-state index in [4.69, 9.17) is 11.6 Å². The molecule has 0 fully saturated rings. The minimum absolute atomic E-state index is 0.0731. The number of rotatable bonds is 6. The normalized spacial score (nSPS) is 14.4. The fraction of sp³-hybridized carbons (Fsp3) is 0.429. The Labute approximate surface area is 108 Å². The first-order valence-corrected chi connectivity index (χ1v) is 6.17. The van der Waals surface area contributed by atoms with Gasteiger partial charge in [-0.15, -0.1) is 6.58 Å². The van der Waals surface area contributed by atoms with E-state index >= 15 is 0 Å². The average molecular weight is 256 g/mol. The molecule has 0 spiro atoms. The Morgan fingerprint density at radius 3 is 2.76 bits per heavy atom. The average Bonchev–Trinajstić information content (AvgIpc) is 2.31. The van der Waals surface area contributed by atoms with Gasteiger partial charge in [-0.1, -0.05) is 37.6 Å². The molecule has 94 valence electrons. The van der Waals surface area contributed by atoms with Crippen molar-refractivity contribution in [1.82, 2.24) is 5.32 Å². The summed E-state index contributed by atoms with van der Waals surface area (Å²) in [4.78, 5) is 0. The molecule has 0 heterocycles. The standard InChI is InChI=1S/C14H19ClFN/c1-4-14(3,10-17-5-2)9-11-6-7-12(15)13(16)8-11/h4,6-8,17H,1,5,9-10H2,2-3H3. The maximum atomic E-state index is 13.3. The Morgan fingerprint density at radius 1 is 1.53 bits per heavy atom. The Bertz CT molecular complexity index is 392. The SMILES string of the molecule is C=CC(C)(CNCC)Cc1ccc(Cl)c(F)c1. The molecule has 0 aliphatic rings. The van der Waals surface area contributed by atoms with Crippen LogP contribution < -0.4 is 5.32 Å². The van der Waals surface area contributed by atoms with E-state index < -0.39 is 0 Å². The smallest absolute Gasteiger partial charge is 0.142 e. The minimum atomic E-state index is -0.362. The zero-order valence-electron chi connectivity index (χ0n) is 10.4. The third-order valence-corrected chi connectivity index (χ3v) is 3.17. The molecule has 1 rings (SSSR count). The monoisotopic (exact) mass is 255 g/mol. The van der Waals surface area contributed by atoms with Crippen LogP contribution in [0.4, 0.5) is 4.39 Å². The van der Waals surface area contributed by atoms with E-state index in [1.54, 1.807) is 6.07 Å². The summed E-state index contributed by atoms with van der Waals surface area (Å²) in [6.45, 7) is 9.78. The molecule has 0 aromatic heterocycles. The summed E-state index contributed by atoms with van der Waals surface area (Å²) in [5.74, 6) is -0.362. The number of hydrogen-bond donors (Lipinski definition) is 1. The molecule has 0 saturated heterocycles. The summed E-state index contributed by atoms with van der Waals surface area (Å²) >= 11 is 5.66. The Kier molecular flexibility index (Phi) is 5.16. The van der Waals surface area contributed by atoms with Crippen molar-refractivity contribution < 1.29 is 4.39 Å². The number of halogens is 2. The van der Waals surface area contributed by atoms with Gasteiger partial charge in [-0.3, -0.25) is 0 Å². The molecule has 1 aromatic carbocycles. The van der Waals surface area contributed by atoms with Crippen LogP contribution >= 0.6 is 11.6 Å². The molecule has 0 radical (unpaired) electrons. The highest BCUT2D eigenvalue weighted by molar-refractivity contribution is 6.30. The van der Waals surface area contributed by atoms with Crippen LogP contribution in [0.1, 0.15) is 19.4 Å². The van der Waals surface area contributed by atoms with Crippen molar-refractivity contribution in [3.63, 3.8) is 0 Å². The molecule has 0 aliphatic heterocycles. The van der Waals surface area contributed by atoms with Gasteiger partial charge in [0.2, 0.25) is 0 Å². The Hall–Kier alpha value is -0.860. The first-order valence-electron chi connectivity index (χ1n) is 5.79. The quantitative estimate of drug-likeness (QED) is 0.762. The first kappa shape index (κ1) is 14.2. The second-order valence-corrected chi connectivity index (χ2v) is 4.97. The predicted octanol–water partition coefficient (Wildman–Crippen LogP) is 3.82. The Morgan fingerprint density at radius 2 is 2.24 bits per heavy atom. The van der Waals surface area contributed by atoms with Gasteiger partial charge >= 0.3 is 0 Å². The molecular formula is C14H19ClFN. The van der Waals surface area contributed by atoms with Crippen molar-refractivity contribution in [2.75, 3.05) is 13.1 Å². The zero-order chi connectivity index (χ0) is 12.9. The number of hydrogen-bond acceptors (Lipinski definition) is 1. The van der Waals surface area contributed by atoms with E-state index in [1.807, 2.05) is 12.1 Å². The predicted molar refractivity (Wildman–Crippen MR) is 72.0 cm³/mol. The van der Waals surface area contributed by atoms with Crippen LogP contribution in [0.15, 0.2) is 30.9 Å². The third-order valence-electron chi connectivity index (χ3n) is 2.86. The van der Waals surface area contributed by atoms with Crippen molar-refractivity contribution in [2.45, 2.75) is 20.3 Å². The third kappa shape index (κ3) is 4.14. The lowest BCUT2D eigenvalue weighted by atomic mass is 9.83. The van der Waals surface area contributed by atoms with Crippen molar-refractivity contribution in [3.05, 3.63) is 47.3 Å². The van der Waals surface area contributed by atoms with Gasteiger partial charge in [-0.25, -0.2) is 4.39 Å². The van der Waals surface area contributed by atoms with Crippen LogP contribution in [0.5, 0.6) is 0 Å². The second kappa shape index (κ2) is 6.18. The maximum Gasteiger partial charge on any atom is 0.142 e. The van der Waals surface area contributed by atoms with Crippen LogP contribution in [0.3, 0.4) is 0 Å². The molecule has 0 saturated carbocycles. The van der Waals surface area contributed by atoms with Crippen molar-refractivity contribution >= 4 is 11.6 Å². The van der Waals surface area contributed by atoms with Gasteiger partial charge in [0.15, 0.2) is 0 Å². The molecule has 1 aromatic rings. The summed E-state index contributed by atoms with van der Waals surface area (Å²) in [5.41, 5.74) is 0.864. The summed E-state index contributed by atoms with van der Waals surface area (Å²) < 4.78 is 13.3. The zero-order valence-corrected chi connectivity index (χ0v) is 11.1. The fourth-order valence-electron chi connectivity index (χ4n) is 1.73. The number of benzene rings is 1. The Balaban J connectivity index is 2.79. The molecular weight excluding hydrogens is 237 g/mol. The molecule has 0 aliphatic carbocycles. The molecule has 0 amide bonds. The van der Waals surface area contributed by atoms with Crippen LogP contribution in [0.25, 0.3) is 0 Å².